The number of benzene rings is 1. The first kappa shape index (κ1) is 9.69. The van der Waals surface area contributed by atoms with E-state index in [1.165, 1.54) is 5.56 Å². The Bertz CT molecular complexity index is 310. The molecule has 0 spiro atoms. The molecule has 2 heteroatoms. The Morgan fingerprint density at radius 2 is 1.86 bits per heavy atom. The minimum Gasteiger partial charge on any atom is -0.390 e. The van der Waals surface area contributed by atoms with Gasteiger partial charge in [-0.2, -0.15) is 0 Å². The molecule has 14 heavy (non-hydrogen) atoms. The Kier molecular flexibility index (Phi) is 2.13. The highest BCUT2D eigenvalue weighted by Crippen LogP contribution is 2.49. The maximum Gasteiger partial charge on any atom is 0.0637 e. The zero-order chi connectivity index (χ0) is 10.2. The summed E-state index contributed by atoms with van der Waals surface area (Å²) in [6, 6.07) is 10.3. The van der Waals surface area contributed by atoms with Gasteiger partial charge in [-0.25, -0.2) is 0 Å². The van der Waals surface area contributed by atoms with E-state index in [1.807, 2.05) is 25.1 Å². The molecule has 0 heterocycles. The molecule has 1 aliphatic rings. The topological polar surface area (TPSA) is 46.2 Å². The largest absolute Gasteiger partial charge is 0.390 e. The van der Waals surface area contributed by atoms with Gasteiger partial charge >= 0.3 is 0 Å². The van der Waals surface area contributed by atoms with Gasteiger partial charge in [0.2, 0.25) is 0 Å². The van der Waals surface area contributed by atoms with Crippen LogP contribution in [0.5, 0.6) is 0 Å². The fourth-order valence-corrected chi connectivity index (χ4v) is 2.66. The monoisotopic (exact) mass is 191 g/mol. The molecular formula is C12H17NO. The Hall–Kier alpha value is -0.860. The third-order valence-electron chi connectivity index (χ3n) is 3.22. The summed E-state index contributed by atoms with van der Waals surface area (Å²) in [5.74, 6) is 0. The maximum atomic E-state index is 9.79. The van der Waals surface area contributed by atoms with E-state index in [0.29, 0.717) is 6.54 Å². The Morgan fingerprint density at radius 3 is 2.29 bits per heavy atom. The summed E-state index contributed by atoms with van der Waals surface area (Å²) < 4.78 is 0. The van der Waals surface area contributed by atoms with Crippen LogP contribution in [0.2, 0.25) is 0 Å². The molecular weight excluding hydrogens is 174 g/mol. The molecule has 1 aromatic carbocycles. The predicted molar refractivity (Wildman–Crippen MR) is 57.0 cm³/mol. The molecule has 0 atom stereocenters. The summed E-state index contributed by atoms with van der Waals surface area (Å²) in [5, 5.41) is 9.79. The van der Waals surface area contributed by atoms with Crippen molar-refractivity contribution in [3.63, 3.8) is 0 Å². The number of hydrogen-bond donors (Lipinski definition) is 2. The summed E-state index contributed by atoms with van der Waals surface area (Å²) in [5.41, 5.74) is 6.57. The van der Waals surface area contributed by atoms with E-state index in [-0.39, 0.29) is 5.41 Å². The summed E-state index contributed by atoms with van der Waals surface area (Å²) in [6.07, 6.45) is 1.56. The highest BCUT2D eigenvalue weighted by molar-refractivity contribution is 5.31. The van der Waals surface area contributed by atoms with Crippen LogP contribution in [-0.2, 0) is 5.41 Å². The molecule has 1 saturated carbocycles. The molecule has 0 amide bonds. The molecule has 3 N–H and O–H groups in total. The van der Waals surface area contributed by atoms with Crippen molar-refractivity contribution in [1.29, 1.82) is 0 Å². The summed E-state index contributed by atoms with van der Waals surface area (Å²) in [7, 11) is 0. The molecule has 2 nitrogen and oxygen atoms in total. The number of rotatable bonds is 2. The van der Waals surface area contributed by atoms with Gasteiger partial charge in [0.15, 0.2) is 0 Å². The average molecular weight is 191 g/mol. The Balaban J connectivity index is 2.25. The van der Waals surface area contributed by atoms with Gasteiger partial charge in [-0.3, -0.25) is 0 Å². The van der Waals surface area contributed by atoms with Crippen LogP contribution in [0.1, 0.15) is 25.3 Å². The van der Waals surface area contributed by atoms with Crippen LogP contribution in [0.4, 0.5) is 0 Å². The summed E-state index contributed by atoms with van der Waals surface area (Å²) in [4.78, 5) is 0. The van der Waals surface area contributed by atoms with E-state index >= 15 is 0 Å². The predicted octanol–water partition coefficient (Wildman–Crippen LogP) is 1.43. The van der Waals surface area contributed by atoms with Crippen LogP contribution in [0.3, 0.4) is 0 Å². The Morgan fingerprint density at radius 1 is 1.29 bits per heavy atom. The number of hydrogen-bond acceptors (Lipinski definition) is 2. The van der Waals surface area contributed by atoms with E-state index in [2.05, 4.69) is 12.1 Å². The lowest BCUT2D eigenvalue weighted by Crippen LogP contribution is -2.56. The Labute approximate surface area is 84.7 Å². The third kappa shape index (κ3) is 1.45. The molecule has 0 radical (unpaired) electrons. The van der Waals surface area contributed by atoms with Gasteiger partial charge in [-0.1, -0.05) is 30.3 Å². The second kappa shape index (κ2) is 3.07. The van der Waals surface area contributed by atoms with Crippen LogP contribution >= 0.6 is 0 Å². The lowest BCUT2D eigenvalue weighted by molar-refractivity contribution is -0.0725. The minimum atomic E-state index is -0.519. The van der Waals surface area contributed by atoms with Gasteiger partial charge in [0.25, 0.3) is 0 Å². The van der Waals surface area contributed by atoms with Crippen molar-refractivity contribution in [1.82, 2.24) is 0 Å². The van der Waals surface area contributed by atoms with Gasteiger partial charge in [0.05, 0.1) is 5.60 Å². The van der Waals surface area contributed by atoms with Crippen molar-refractivity contribution in [2.45, 2.75) is 30.8 Å². The van der Waals surface area contributed by atoms with E-state index < -0.39 is 5.60 Å². The first-order chi connectivity index (χ1) is 6.58. The molecule has 0 bridgehead atoms. The molecule has 0 saturated heterocycles. The molecule has 0 aliphatic heterocycles. The first-order valence-corrected chi connectivity index (χ1v) is 5.06. The van der Waals surface area contributed by atoms with Crippen molar-refractivity contribution in [2.24, 2.45) is 5.73 Å². The fourth-order valence-electron chi connectivity index (χ4n) is 2.66. The van der Waals surface area contributed by atoms with E-state index in [0.717, 1.165) is 12.8 Å². The smallest absolute Gasteiger partial charge is 0.0637 e. The fraction of sp³-hybridized carbons (Fsp3) is 0.500. The quantitative estimate of drug-likeness (QED) is 0.742. The highest BCUT2D eigenvalue weighted by Gasteiger charge is 2.50. The van der Waals surface area contributed by atoms with Crippen molar-refractivity contribution >= 4 is 0 Å². The second-order valence-electron chi connectivity index (χ2n) is 4.70. The lowest BCUT2D eigenvalue weighted by Gasteiger charge is -2.51. The SMILES string of the molecule is CC1(O)CC(CN)(c2ccccc2)C1. The van der Waals surface area contributed by atoms with Gasteiger partial charge in [0.1, 0.15) is 0 Å². The molecule has 1 aromatic rings. The van der Waals surface area contributed by atoms with Crippen LogP contribution in [0.25, 0.3) is 0 Å². The molecule has 2 rings (SSSR count). The van der Waals surface area contributed by atoms with Crippen molar-refractivity contribution < 1.29 is 5.11 Å². The van der Waals surface area contributed by atoms with Gasteiger partial charge in [-0.15, -0.1) is 0 Å². The zero-order valence-corrected chi connectivity index (χ0v) is 8.53. The van der Waals surface area contributed by atoms with Crippen molar-refractivity contribution in [3.8, 4) is 0 Å². The standard InChI is InChI=1S/C12H17NO/c1-11(14)7-12(8-11,9-13)10-5-3-2-4-6-10/h2-6,14H,7-9,13H2,1H3. The number of aliphatic hydroxyl groups is 1. The second-order valence-corrected chi connectivity index (χ2v) is 4.70. The molecule has 0 unspecified atom stereocenters. The normalized spacial score (nSPS) is 36.5. The van der Waals surface area contributed by atoms with Crippen molar-refractivity contribution in [3.05, 3.63) is 35.9 Å². The van der Waals surface area contributed by atoms with E-state index in [9.17, 15) is 5.11 Å². The third-order valence-corrected chi connectivity index (χ3v) is 3.22. The van der Waals surface area contributed by atoms with E-state index in [4.69, 9.17) is 5.73 Å². The zero-order valence-electron chi connectivity index (χ0n) is 8.53. The minimum absolute atomic E-state index is 0.0186. The lowest BCUT2D eigenvalue weighted by atomic mass is 9.57. The van der Waals surface area contributed by atoms with Crippen molar-refractivity contribution in [2.75, 3.05) is 6.54 Å². The van der Waals surface area contributed by atoms with Gasteiger partial charge < -0.3 is 10.8 Å². The van der Waals surface area contributed by atoms with Gasteiger partial charge in [0, 0.05) is 12.0 Å². The molecule has 1 fully saturated rings. The number of nitrogens with two attached hydrogens (primary N) is 1. The van der Waals surface area contributed by atoms with E-state index in [1.54, 1.807) is 0 Å². The van der Waals surface area contributed by atoms with Crippen LogP contribution in [0.15, 0.2) is 30.3 Å². The summed E-state index contributed by atoms with van der Waals surface area (Å²) >= 11 is 0. The van der Waals surface area contributed by atoms with Crippen LogP contribution in [0, 0.1) is 0 Å². The molecule has 1 aliphatic carbocycles. The highest BCUT2D eigenvalue weighted by atomic mass is 16.3. The first-order valence-electron chi connectivity index (χ1n) is 5.06. The molecule has 76 valence electrons. The van der Waals surface area contributed by atoms with Crippen LogP contribution < -0.4 is 5.73 Å². The van der Waals surface area contributed by atoms with Gasteiger partial charge in [-0.05, 0) is 25.3 Å². The molecule has 0 aromatic heterocycles. The maximum absolute atomic E-state index is 9.79. The van der Waals surface area contributed by atoms with Crippen LogP contribution in [-0.4, -0.2) is 17.3 Å². The average Bonchev–Trinajstić information content (AvgIpc) is 2.15. The summed E-state index contributed by atoms with van der Waals surface area (Å²) in [6.45, 7) is 2.50.